The fourth-order valence-electron chi connectivity index (χ4n) is 2.10. The van der Waals surface area contributed by atoms with Gasteiger partial charge in [0.1, 0.15) is 4.99 Å². The van der Waals surface area contributed by atoms with E-state index in [9.17, 15) is 0 Å². The van der Waals surface area contributed by atoms with Gasteiger partial charge >= 0.3 is 0 Å². The second kappa shape index (κ2) is 9.21. The molecule has 5 heteroatoms. The van der Waals surface area contributed by atoms with Crippen molar-refractivity contribution in [3.63, 3.8) is 0 Å². The molecule has 0 saturated carbocycles. The van der Waals surface area contributed by atoms with Gasteiger partial charge in [-0.25, -0.2) is 0 Å². The molecule has 0 aliphatic carbocycles. The molecule has 0 aromatic heterocycles. The summed E-state index contributed by atoms with van der Waals surface area (Å²) >= 11 is 6.99. The molecule has 0 heterocycles. The molecule has 0 fully saturated rings. The second-order valence-corrected chi connectivity index (χ2v) is 6.18. The number of rotatable bonds is 9. The molecule has 0 radical (unpaired) electrons. The van der Waals surface area contributed by atoms with E-state index in [-0.39, 0.29) is 0 Å². The van der Waals surface area contributed by atoms with Gasteiger partial charge in [-0.2, -0.15) is 0 Å². The monoisotopic (exact) mass is 311 g/mol. The number of likely N-dealkylation sites (N-methyl/N-ethyl adjacent to an activating group) is 1. The minimum atomic E-state index is 0.465. The SMILES string of the molecule is CCSc1cccc(NCCN(CC)CC)c1C(N)=S. The Morgan fingerprint density at radius 1 is 1.30 bits per heavy atom. The molecule has 1 aromatic rings. The summed E-state index contributed by atoms with van der Waals surface area (Å²) in [5.41, 5.74) is 7.92. The van der Waals surface area contributed by atoms with Gasteiger partial charge in [0, 0.05) is 29.2 Å². The number of hydrogen-bond acceptors (Lipinski definition) is 4. The second-order valence-electron chi connectivity index (χ2n) is 4.43. The van der Waals surface area contributed by atoms with Crippen LogP contribution >= 0.6 is 24.0 Å². The van der Waals surface area contributed by atoms with E-state index >= 15 is 0 Å². The van der Waals surface area contributed by atoms with Crippen LogP contribution in [0.1, 0.15) is 26.3 Å². The topological polar surface area (TPSA) is 41.3 Å². The first-order valence-corrected chi connectivity index (χ1v) is 8.55. The van der Waals surface area contributed by atoms with Crippen molar-refractivity contribution in [3.8, 4) is 0 Å². The fourth-order valence-corrected chi connectivity index (χ4v) is 3.23. The molecule has 0 unspecified atom stereocenters. The van der Waals surface area contributed by atoms with E-state index in [0.717, 1.165) is 48.1 Å². The highest BCUT2D eigenvalue weighted by molar-refractivity contribution is 7.99. The Balaban J connectivity index is 2.78. The highest BCUT2D eigenvalue weighted by Gasteiger charge is 2.11. The van der Waals surface area contributed by atoms with E-state index in [0.29, 0.717) is 4.99 Å². The van der Waals surface area contributed by atoms with E-state index < -0.39 is 0 Å². The Morgan fingerprint density at radius 2 is 2.00 bits per heavy atom. The number of thiocarbonyl (C=S) groups is 1. The molecule has 0 aliphatic heterocycles. The molecule has 1 aromatic carbocycles. The zero-order valence-electron chi connectivity index (χ0n) is 12.6. The Kier molecular flexibility index (Phi) is 7.95. The van der Waals surface area contributed by atoms with Gasteiger partial charge in [-0.3, -0.25) is 0 Å². The molecule has 1 rings (SSSR count). The maximum Gasteiger partial charge on any atom is 0.107 e. The summed E-state index contributed by atoms with van der Waals surface area (Å²) in [6.07, 6.45) is 0. The zero-order valence-corrected chi connectivity index (χ0v) is 14.2. The average molecular weight is 312 g/mol. The Hall–Kier alpha value is -0.780. The largest absolute Gasteiger partial charge is 0.389 e. The third-order valence-electron chi connectivity index (χ3n) is 3.21. The molecule has 0 spiro atoms. The van der Waals surface area contributed by atoms with Crippen molar-refractivity contribution in [1.29, 1.82) is 0 Å². The predicted octanol–water partition coefficient (Wildman–Crippen LogP) is 3.19. The quantitative estimate of drug-likeness (QED) is 0.541. The Bertz CT molecular complexity index is 431. The van der Waals surface area contributed by atoms with Crippen molar-refractivity contribution in [1.82, 2.24) is 4.90 Å². The molecule has 3 nitrogen and oxygen atoms in total. The normalized spacial score (nSPS) is 10.8. The summed E-state index contributed by atoms with van der Waals surface area (Å²) in [6, 6.07) is 6.19. The van der Waals surface area contributed by atoms with Crippen LogP contribution in [0.25, 0.3) is 0 Å². The first kappa shape index (κ1) is 17.3. The number of hydrogen-bond donors (Lipinski definition) is 2. The van der Waals surface area contributed by atoms with Crippen molar-refractivity contribution in [2.75, 3.05) is 37.2 Å². The van der Waals surface area contributed by atoms with Crippen molar-refractivity contribution < 1.29 is 0 Å². The van der Waals surface area contributed by atoms with E-state index in [4.69, 9.17) is 18.0 Å². The molecule has 20 heavy (non-hydrogen) atoms. The Morgan fingerprint density at radius 3 is 2.55 bits per heavy atom. The van der Waals surface area contributed by atoms with Crippen LogP contribution in [-0.2, 0) is 0 Å². The highest BCUT2D eigenvalue weighted by atomic mass is 32.2. The highest BCUT2D eigenvalue weighted by Crippen LogP contribution is 2.28. The van der Waals surface area contributed by atoms with Gasteiger partial charge in [0.2, 0.25) is 0 Å². The van der Waals surface area contributed by atoms with Crippen LogP contribution < -0.4 is 11.1 Å². The van der Waals surface area contributed by atoms with Gasteiger partial charge in [-0.15, -0.1) is 11.8 Å². The summed E-state index contributed by atoms with van der Waals surface area (Å²) in [5, 5.41) is 3.47. The summed E-state index contributed by atoms with van der Waals surface area (Å²) in [7, 11) is 0. The summed E-state index contributed by atoms with van der Waals surface area (Å²) < 4.78 is 0. The lowest BCUT2D eigenvalue weighted by Crippen LogP contribution is -2.29. The summed E-state index contributed by atoms with van der Waals surface area (Å²) in [6.45, 7) is 10.6. The number of nitrogens with two attached hydrogens (primary N) is 1. The van der Waals surface area contributed by atoms with Gasteiger partial charge in [0.05, 0.1) is 0 Å². The minimum absolute atomic E-state index is 0.465. The van der Waals surface area contributed by atoms with E-state index in [1.165, 1.54) is 0 Å². The molecular weight excluding hydrogens is 286 g/mol. The lowest BCUT2D eigenvalue weighted by atomic mass is 10.1. The van der Waals surface area contributed by atoms with Gasteiger partial charge in [0.15, 0.2) is 0 Å². The van der Waals surface area contributed by atoms with Crippen LogP contribution in [0.3, 0.4) is 0 Å². The number of nitrogens with zero attached hydrogens (tertiary/aromatic N) is 1. The lowest BCUT2D eigenvalue weighted by Gasteiger charge is -2.20. The van der Waals surface area contributed by atoms with Crippen LogP contribution in [0.4, 0.5) is 5.69 Å². The average Bonchev–Trinajstić information content (AvgIpc) is 2.44. The predicted molar refractivity (Wildman–Crippen MR) is 95.0 cm³/mol. The van der Waals surface area contributed by atoms with Crippen LogP contribution in [0.15, 0.2) is 23.1 Å². The third-order valence-corrected chi connectivity index (χ3v) is 4.35. The molecule has 112 valence electrons. The molecule has 0 aliphatic rings. The van der Waals surface area contributed by atoms with Crippen LogP contribution in [-0.4, -0.2) is 41.8 Å². The van der Waals surface area contributed by atoms with Crippen LogP contribution in [0.5, 0.6) is 0 Å². The van der Waals surface area contributed by atoms with Gasteiger partial charge in [-0.05, 0) is 31.0 Å². The summed E-state index contributed by atoms with van der Waals surface area (Å²) in [5.74, 6) is 1.01. The first-order chi connectivity index (χ1) is 9.63. The van der Waals surface area contributed by atoms with Crippen LogP contribution in [0.2, 0.25) is 0 Å². The lowest BCUT2D eigenvalue weighted by molar-refractivity contribution is 0.316. The fraction of sp³-hybridized carbons (Fsp3) is 0.533. The van der Waals surface area contributed by atoms with Crippen molar-refractivity contribution in [2.45, 2.75) is 25.7 Å². The molecular formula is C15H25N3S2. The van der Waals surface area contributed by atoms with Crippen LogP contribution in [0, 0.1) is 0 Å². The first-order valence-electron chi connectivity index (χ1n) is 7.15. The minimum Gasteiger partial charge on any atom is -0.389 e. The van der Waals surface area contributed by atoms with E-state index in [2.05, 4.69) is 49.2 Å². The number of nitrogens with one attached hydrogen (secondary N) is 1. The molecule has 0 atom stereocenters. The van der Waals surface area contributed by atoms with Gasteiger partial charge in [-0.1, -0.05) is 39.1 Å². The van der Waals surface area contributed by atoms with Crippen molar-refractivity contribution in [2.24, 2.45) is 5.73 Å². The smallest absolute Gasteiger partial charge is 0.107 e. The molecule has 0 saturated heterocycles. The van der Waals surface area contributed by atoms with Gasteiger partial charge < -0.3 is 16.0 Å². The number of thioether (sulfide) groups is 1. The number of benzene rings is 1. The van der Waals surface area contributed by atoms with E-state index in [1.807, 2.05) is 0 Å². The maximum absolute atomic E-state index is 5.90. The van der Waals surface area contributed by atoms with Crippen molar-refractivity contribution in [3.05, 3.63) is 23.8 Å². The molecule has 0 amide bonds. The van der Waals surface area contributed by atoms with E-state index in [1.54, 1.807) is 11.8 Å². The van der Waals surface area contributed by atoms with Crippen molar-refractivity contribution >= 4 is 34.7 Å². The Labute approximate surface area is 132 Å². The standard InChI is InChI=1S/C15H25N3S2/c1-4-18(5-2)11-10-17-12-8-7-9-13(20-6-3)14(12)15(16)19/h7-9,17H,4-6,10-11H2,1-3H3,(H2,16,19). The maximum atomic E-state index is 5.90. The molecule has 3 N–H and O–H groups in total. The third kappa shape index (κ3) is 4.96. The zero-order chi connectivity index (χ0) is 15.0. The molecule has 0 bridgehead atoms. The summed E-state index contributed by atoms with van der Waals surface area (Å²) in [4.78, 5) is 4.01. The number of anilines is 1. The van der Waals surface area contributed by atoms with Gasteiger partial charge in [0.25, 0.3) is 0 Å².